The fourth-order valence-electron chi connectivity index (χ4n) is 3.04. The van der Waals surface area contributed by atoms with Crippen LogP contribution in [-0.4, -0.2) is 46.8 Å². The molecule has 0 unspecified atom stereocenters. The molecule has 1 amide bonds. The highest BCUT2D eigenvalue weighted by molar-refractivity contribution is 6.32. The molecule has 130 valence electrons. The second kappa shape index (κ2) is 8.01. The summed E-state index contributed by atoms with van der Waals surface area (Å²) in [5.41, 5.74) is 2.23. The number of carbonyl (C=O) groups excluding carboxylic acids is 1. The Bertz CT molecular complexity index is 710. The largest absolute Gasteiger partial charge is 0.339 e. The predicted molar refractivity (Wildman–Crippen MR) is 98.5 cm³/mol. The van der Waals surface area contributed by atoms with Gasteiger partial charge >= 0.3 is 0 Å². The maximum absolute atomic E-state index is 12.8. The minimum atomic E-state index is 0. The number of piperidine rings is 1. The SMILES string of the molecule is Cc1c(C(=O)N(C)C2CCNCC2)cnn1-c1ccccc1Cl.Cl. The summed E-state index contributed by atoms with van der Waals surface area (Å²) in [6.07, 6.45) is 3.61. The van der Waals surface area contributed by atoms with Gasteiger partial charge in [-0.3, -0.25) is 4.79 Å². The first-order chi connectivity index (χ1) is 11.1. The maximum Gasteiger partial charge on any atom is 0.257 e. The van der Waals surface area contributed by atoms with E-state index >= 15 is 0 Å². The van der Waals surface area contributed by atoms with Crippen LogP contribution in [0.4, 0.5) is 0 Å². The van der Waals surface area contributed by atoms with E-state index in [2.05, 4.69) is 10.4 Å². The fourth-order valence-corrected chi connectivity index (χ4v) is 3.25. The molecule has 0 radical (unpaired) electrons. The number of halogens is 2. The summed E-state index contributed by atoms with van der Waals surface area (Å²) < 4.78 is 1.73. The van der Waals surface area contributed by atoms with Gasteiger partial charge in [0.25, 0.3) is 5.91 Å². The number of nitrogens with one attached hydrogen (secondary N) is 1. The molecule has 0 bridgehead atoms. The van der Waals surface area contributed by atoms with Crippen LogP contribution in [0.3, 0.4) is 0 Å². The lowest BCUT2D eigenvalue weighted by Crippen LogP contribution is -2.44. The maximum atomic E-state index is 12.8. The molecule has 5 nitrogen and oxygen atoms in total. The lowest BCUT2D eigenvalue weighted by Gasteiger charge is -2.31. The van der Waals surface area contributed by atoms with Crippen LogP contribution in [0.5, 0.6) is 0 Å². The topological polar surface area (TPSA) is 50.2 Å². The summed E-state index contributed by atoms with van der Waals surface area (Å²) in [7, 11) is 1.88. The van der Waals surface area contributed by atoms with Crippen LogP contribution in [0.2, 0.25) is 5.02 Å². The highest BCUT2D eigenvalue weighted by Crippen LogP contribution is 2.23. The van der Waals surface area contributed by atoms with Gasteiger partial charge in [-0.05, 0) is 45.0 Å². The van der Waals surface area contributed by atoms with Crippen molar-refractivity contribution in [2.75, 3.05) is 20.1 Å². The van der Waals surface area contributed by atoms with Crippen LogP contribution >= 0.6 is 24.0 Å². The molecule has 7 heteroatoms. The van der Waals surface area contributed by atoms with Gasteiger partial charge in [-0.1, -0.05) is 23.7 Å². The van der Waals surface area contributed by atoms with Crippen molar-refractivity contribution < 1.29 is 4.79 Å². The van der Waals surface area contributed by atoms with E-state index in [1.807, 2.05) is 43.1 Å². The Morgan fingerprint density at radius 1 is 1.33 bits per heavy atom. The molecule has 1 aliphatic heterocycles. The normalized spacial score (nSPS) is 15.0. The molecule has 1 fully saturated rings. The summed E-state index contributed by atoms with van der Waals surface area (Å²) >= 11 is 6.24. The van der Waals surface area contributed by atoms with Gasteiger partial charge in [0.15, 0.2) is 0 Å². The van der Waals surface area contributed by atoms with Crippen LogP contribution in [-0.2, 0) is 0 Å². The molecule has 1 N–H and O–H groups in total. The minimum Gasteiger partial charge on any atom is -0.339 e. The van der Waals surface area contributed by atoms with Crippen LogP contribution in [0.1, 0.15) is 28.9 Å². The molecule has 1 saturated heterocycles. The van der Waals surface area contributed by atoms with E-state index in [0.29, 0.717) is 10.6 Å². The lowest BCUT2D eigenvalue weighted by molar-refractivity contribution is 0.0702. The molecule has 3 rings (SSSR count). The Morgan fingerprint density at radius 2 is 2.00 bits per heavy atom. The lowest BCUT2D eigenvalue weighted by atomic mass is 10.0. The summed E-state index contributed by atoms with van der Waals surface area (Å²) in [5.74, 6) is 0.0210. The Hall–Kier alpha value is -1.56. The fraction of sp³-hybridized carbons (Fsp3) is 0.412. The van der Waals surface area contributed by atoms with Gasteiger partial charge in [-0.25, -0.2) is 4.68 Å². The van der Waals surface area contributed by atoms with Crippen molar-refractivity contribution >= 4 is 29.9 Å². The van der Waals surface area contributed by atoms with Gasteiger partial charge in [0.2, 0.25) is 0 Å². The van der Waals surface area contributed by atoms with E-state index in [0.717, 1.165) is 37.3 Å². The Balaban J connectivity index is 0.00000208. The third-order valence-corrected chi connectivity index (χ3v) is 4.82. The molecule has 0 atom stereocenters. The molecule has 24 heavy (non-hydrogen) atoms. The summed E-state index contributed by atoms with van der Waals surface area (Å²) in [6, 6.07) is 7.78. The average molecular weight is 369 g/mol. The van der Waals surface area contributed by atoms with Gasteiger partial charge in [-0.15, -0.1) is 12.4 Å². The van der Waals surface area contributed by atoms with Gasteiger partial charge in [0, 0.05) is 13.1 Å². The Kier molecular flexibility index (Phi) is 6.27. The molecular weight excluding hydrogens is 347 g/mol. The standard InChI is InChI=1S/C17H21ClN4O.ClH/c1-12-14(17(23)21(2)13-7-9-19-10-8-13)11-20-22(12)16-6-4-3-5-15(16)18;/h3-6,11,13,19H,7-10H2,1-2H3;1H. The number of hydrogen-bond acceptors (Lipinski definition) is 3. The van der Waals surface area contributed by atoms with Gasteiger partial charge in [0.05, 0.1) is 28.2 Å². The van der Waals surface area contributed by atoms with E-state index in [1.165, 1.54) is 0 Å². The van der Waals surface area contributed by atoms with Crippen molar-refractivity contribution in [1.29, 1.82) is 0 Å². The molecule has 0 spiro atoms. The minimum absolute atomic E-state index is 0. The zero-order chi connectivity index (χ0) is 16.4. The summed E-state index contributed by atoms with van der Waals surface area (Å²) in [6.45, 7) is 3.82. The van der Waals surface area contributed by atoms with Crippen molar-refractivity contribution in [2.24, 2.45) is 0 Å². The van der Waals surface area contributed by atoms with Gasteiger partial charge < -0.3 is 10.2 Å². The molecule has 0 aliphatic carbocycles. The van der Waals surface area contributed by atoms with Crippen LogP contribution in [0.25, 0.3) is 5.69 Å². The first-order valence-electron chi connectivity index (χ1n) is 7.87. The molecule has 0 saturated carbocycles. The number of para-hydroxylation sites is 1. The Labute approximate surface area is 153 Å². The van der Waals surface area contributed by atoms with E-state index in [9.17, 15) is 4.79 Å². The smallest absolute Gasteiger partial charge is 0.257 e. The van der Waals surface area contributed by atoms with E-state index in [4.69, 9.17) is 11.6 Å². The zero-order valence-electron chi connectivity index (χ0n) is 13.8. The van der Waals surface area contributed by atoms with Crippen LogP contribution in [0.15, 0.2) is 30.5 Å². The third kappa shape index (κ3) is 3.58. The number of hydrogen-bond donors (Lipinski definition) is 1. The van der Waals surface area contributed by atoms with E-state index in [1.54, 1.807) is 10.9 Å². The monoisotopic (exact) mass is 368 g/mol. The van der Waals surface area contributed by atoms with Crippen molar-refractivity contribution in [3.05, 3.63) is 46.7 Å². The van der Waals surface area contributed by atoms with Crippen molar-refractivity contribution in [3.8, 4) is 5.69 Å². The molecule has 2 heterocycles. The van der Waals surface area contributed by atoms with E-state index < -0.39 is 0 Å². The molecule has 1 aromatic heterocycles. The summed E-state index contributed by atoms with van der Waals surface area (Å²) in [5, 5.41) is 8.31. The van der Waals surface area contributed by atoms with Gasteiger partial charge in [0.1, 0.15) is 0 Å². The number of amides is 1. The molecule has 1 aromatic carbocycles. The molecular formula is C17H22Cl2N4O. The van der Waals surface area contributed by atoms with Gasteiger partial charge in [-0.2, -0.15) is 5.10 Å². The second-order valence-electron chi connectivity index (χ2n) is 5.90. The second-order valence-corrected chi connectivity index (χ2v) is 6.31. The number of nitrogens with zero attached hydrogens (tertiary/aromatic N) is 3. The van der Waals surface area contributed by atoms with Crippen molar-refractivity contribution in [3.63, 3.8) is 0 Å². The van der Waals surface area contributed by atoms with Crippen molar-refractivity contribution in [2.45, 2.75) is 25.8 Å². The molecule has 1 aliphatic rings. The van der Waals surface area contributed by atoms with Crippen LogP contribution < -0.4 is 5.32 Å². The van der Waals surface area contributed by atoms with E-state index in [-0.39, 0.29) is 24.4 Å². The highest BCUT2D eigenvalue weighted by Gasteiger charge is 2.25. The number of carbonyl (C=O) groups is 1. The third-order valence-electron chi connectivity index (χ3n) is 4.50. The average Bonchev–Trinajstić information content (AvgIpc) is 2.96. The number of benzene rings is 1. The summed E-state index contributed by atoms with van der Waals surface area (Å²) in [4.78, 5) is 14.7. The predicted octanol–water partition coefficient (Wildman–Crippen LogP) is 3.08. The quantitative estimate of drug-likeness (QED) is 0.905. The molecule has 2 aromatic rings. The first-order valence-corrected chi connectivity index (χ1v) is 8.25. The van der Waals surface area contributed by atoms with Crippen molar-refractivity contribution in [1.82, 2.24) is 20.0 Å². The zero-order valence-corrected chi connectivity index (χ0v) is 15.4. The van der Waals surface area contributed by atoms with Crippen LogP contribution in [0, 0.1) is 6.92 Å². The number of aromatic nitrogens is 2. The highest BCUT2D eigenvalue weighted by atomic mass is 35.5. The Morgan fingerprint density at radius 3 is 2.67 bits per heavy atom. The number of rotatable bonds is 3. The first kappa shape index (κ1) is 18.8.